The van der Waals surface area contributed by atoms with E-state index in [4.69, 9.17) is 9.47 Å². The van der Waals surface area contributed by atoms with E-state index in [1.165, 1.54) is 0 Å². The van der Waals surface area contributed by atoms with Gasteiger partial charge in [0.05, 0.1) is 13.0 Å². The maximum Gasteiger partial charge on any atom is 0.264 e. The molecular weight excluding hydrogens is 392 g/mol. The zero-order chi connectivity index (χ0) is 21.5. The fraction of sp³-hybridized carbons (Fsp3) is 0.200. The van der Waals surface area contributed by atoms with Gasteiger partial charge in [0.1, 0.15) is 11.5 Å². The Balaban J connectivity index is 1.74. The average Bonchev–Trinajstić information content (AvgIpc) is 3.13. The van der Waals surface area contributed by atoms with Gasteiger partial charge in [-0.2, -0.15) is 0 Å². The first kappa shape index (κ1) is 19.2. The number of methoxy groups -OCH3 is 1. The van der Waals surface area contributed by atoms with Crippen LogP contribution in [0.15, 0.2) is 72.8 Å². The Hall–Kier alpha value is -3.80. The second-order valence-electron chi connectivity index (χ2n) is 7.81. The highest BCUT2D eigenvalue weighted by Gasteiger charge is 2.49. The lowest BCUT2D eigenvalue weighted by Gasteiger charge is -2.35. The van der Waals surface area contributed by atoms with Crippen LogP contribution in [0.4, 0.5) is 0 Å². The van der Waals surface area contributed by atoms with Crippen molar-refractivity contribution in [1.82, 2.24) is 4.98 Å². The van der Waals surface area contributed by atoms with E-state index in [1.54, 1.807) is 7.11 Å². The van der Waals surface area contributed by atoms with Crippen LogP contribution in [0.1, 0.15) is 34.4 Å². The van der Waals surface area contributed by atoms with E-state index in [1.807, 2.05) is 79.7 Å². The largest absolute Gasteiger partial charge is 0.497 e. The molecule has 0 fully saturated rings. The predicted molar refractivity (Wildman–Crippen MR) is 118 cm³/mol. The van der Waals surface area contributed by atoms with Gasteiger partial charge in [-0.1, -0.05) is 48.5 Å². The van der Waals surface area contributed by atoms with Crippen LogP contribution in [-0.2, 0) is 0 Å². The Bertz CT molecular complexity index is 1260. The lowest BCUT2D eigenvalue weighted by atomic mass is 9.78. The number of fused-ring (bicyclic) bond motifs is 2. The van der Waals surface area contributed by atoms with Crippen molar-refractivity contribution < 1.29 is 14.4 Å². The summed E-state index contributed by atoms with van der Waals surface area (Å²) in [6, 6.07) is 21.9. The van der Waals surface area contributed by atoms with Crippen molar-refractivity contribution in [3.63, 3.8) is 0 Å². The average molecular weight is 414 g/mol. The molecule has 0 aliphatic carbocycles. The van der Waals surface area contributed by atoms with Gasteiger partial charge in [0.2, 0.25) is 0 Å². The molecule has 0 saturated heterocycles. The van der Waals surface area contributed by atoms with Gasteiger partial charge in [0.25, 0.3) is 6.04 Å². The molecule has 1 aliphatic heterocycles. The number of benzene rings is 3. The molecule has 5 rings (SSSR count). The topological polar surface area (TPSA) is 77.4 Å². The summed E-state index contributed by atoms with van der Waals surface area (Å²) >= 11 is 0. The highest BCUT2D eigenvalue weighted by molar-refractivity contribution is 5.86. The summed E-state index contributed by atoms with van der Waals surface area (Å²) in [4.78, 5) is 15.7. The molecule has 3 atom stereocenters. The van der Waals surface area contributed by atoms with Gasteiger partial charge in [0, 0.05) is 27.1 Å². The zero-order valence-corrected chi connectivity index (χ0v) is 17.2. The van der Waals surface area contributed by atoms with Crippen LogP contribution in [0.3, 0.4) is 0 Å². The molecule has 156 valence electrons. The second-order valence-corrected chi connectivity index (χ2v) is 7.81. The number of nitro groups is 1. The van der Waals surface area contributed by atoms with Gasteiger partial charge < -0.3 is 14.5 Å². The van der Waals surface area contributed by atoms with Gasteiger partial charge in [-0.15, -0.1) is 0 Å². The van der Waals surface area contributed by atoms with Crippen molar-refractivity contribution in [1.29, 1.82) is 0 Å². The number of rotatable bonds is 4. The summed E-state index contributed by atoms with van der Waals surface area (Å²) in [6.07, 6.45) is -0.728. The summed E-state index contributed by atoms with van der Waals surface area (Å²) in [6.45, 7) is 1.98. The number of aryl methyl sites for hydroxylation is 1. The number of H-pyrrole nitrogens is 1. The van der Waals surface area contributed by atoms with Gasteiger partial charge in [-0.3, -0.25) is 10.1 Å². The van der Waals surface area contributed by atoms with Gasteiger partial charge in [0.15, 0.2) is 6.10 Å². The molecule has 3 aromatic carbocycles. The molecule has 0 radical (unpaired) electrons. The normalized spacial score (nSPS) is 20.1. The quantitative estimate of drug-likeness (QED) is 0.358. The molecular formula is C25H22N2O4. The van der Waals surface area contributed by atoms with E-state index in [9.17, 15) is 10.1 Å². The van der Waals surface area contributed by atoms with Crippen molar-refractivity contribution in [3.8, 4) is 11.5 Å². The Labute approximate surface area is 179 Å². The van der Waals surface area contributed by atoms with Gasteiger partial charge in [-0.05, 0) is 42.3 Å². The van der Waals surface area contributed by atoms with E-state index in [0.717, 1.165) is 33.3 Å². The minimum Gasteiger partial charge on any atom is -0.497 e. The third-order valence-electron chi connectivity index (χ3n) is 6.10. The molecule has 6 nitrogen and oxygen atoms in total. The van der Waals surface area contributed by atoms with Crippen LogP contribution in [-0.4, -0.2) is 23.1 Å². The minimum absolute atomic E-state index is 0.198. The van der Waals surface area contributed by atoms with Gasteiger partial charge >= 0.3 is 0 Å². The van der Waals surface area contributed by atoms with E-state index >= 15 is 0 Å². The minimum atomic E-state index is -0.985. The van der Waals surface area contributed by atoms with E-state index < -0.39 is 18.1 Å². The number of hydrogen-bond acceptors (Lipinski definition) is 4. The van der Waals surface area contributed by atoms with Crippen molar-refractivity contribution in [2.45, 2.75) is 25.0 Å². The fourth-order valence-electron chi connectivity index (χ4n) is 4.73. The maximum absolute atomic E-state index is 12.5. The summed E-state index contributed by atoms with van der Waals surface area (Å²) in [7, 11) is 1.60. The summed E-state index contributed by atoms with van der Waals surface area (Å²) in [5, 5.41) is 13.5. The summed E-state index contributed by atoms with van der Waals surface area (Å²) in [5.41, 5.74) is 4.44. The van der Waals surface area contributed by atoms with Crippen molar-refractivity contribution >= 4 is 10.9 Å². The third-order valence-corrected chi connectivity index (χ3v) is 6.10. The molecule has 0 spiro atoms. The van der Waals surface area contributed by atoms with E-state index in [-0.39, 0.29) is 4.92 Å². The Morgan fingerprint density at radius 1 is 1.00 bits per heavy atom. The first-order valence-electron chi connectivity index (χ1n) is 10.2. The number of ether oxygens (including phenoxy) is 2. The highest BCUT2D eigenvalue weighted by Crippen LogP contribution is 2.49. The molecule has 4 aromatic rings. The summed E-state index contributed by atoms with van der Waals surface area (Å²) < 4.78 is 11.5. The maximum atomic E-state index is 12.5. The zero-order valence-electron chi connectivity index (χ0n) is 17.2. The molecule has 0 unspecified atom stereocenters. The monoisotopic (exact) mass is 414 g/mol. The van der Waals surface area contributed by atoms with Crippen molar-refractivity contribution in [3.05, 3.63) is 105 Å². The van der Waals surface area contributed by atoms with Crippen LogP contribution >= 0.6 is 0 Å². The molecule has 1 aromatic heterocycles. The number of nitrogens with one attached hydrogen (secondary N) is 1. The standard InChI is InChI=1S/C25H22N2O4/c1-15-22(18-7-3-5-9-20(18)26-15)23-19-8-4-6-10-21(19)31-25(24(23)27(28)29)16-11-13-17(30-2)14-12-16/h3-14,23-26H,1-2H3/t23-,24-,25-/m0/s1. The lowest BCUT2D eigenvalue weighted by Crippen LogP contribution is -2.40. The molecule has 6 heteroatoms. The molecule has 31 heavy (non-hydrogen) atoms. The fourth-order valence-corrected chi connectivity index (χ4v) is 4.73. The SMILES string of the molecule is COc1ccc([C@@H]2Oc3ccccc3[C@@H](c3c(C)[nH]c4ccccc34)[C@@H]2[N+](=O)[O-])cc1. The smallest absolute Gasteiger partial charge is 0.264 e. The third kappa shape index (κ3) is 3.11. The first-order chi connectivity index (χ1) is 15.1. The van der Waals surface area contributed by atoms with Crippen LogP contribution in [0.2, 0.25) is 0 Å². The van der Waals surface area contributed by atoms with Crippen LogP contribution in [0.25, 0.3) is 10.9 Å². The molecule has 0 bridgehead atoms. The van der Waals surface area contributed by atoms with Crippen LogP contribution in [0, 0.1) is 17.0 Å². The number of aromatic nitrogens is 1. The Morgan fingerprint density at radius 2 is 1.71 bits per heavy atom. The van der Waals surface area contributed by atoms with Crippen LogP contribution < -0.4 is 9.47 Å². The molecule has 0 amide bonds. The lowest BCUT2D eigenvalue weighted by molar-refractivity contribution is -0.538. The Morgan fingerprint density at radius 3 is 2.45 bits per heavy atom. The predicted octanol–water partition coefficient (Wildman–Crippen LogP) is 5.40. The van der Waals surface area contributed by atoms with Crippen molar-refractivity contribution in [2.24, 2.45) is 0 Å². The number of aromatic amines is 1. The molecule has 1 N–H and O–H groups in total. The first-order valence-corrected chi connectivity index (χ1v) is 10.2. The van der Waals surface area contributed by atoms with E-state index in [0.29, 0.717) is 11.5 Å². The molecule has 0 saturated carbocycles. The van der Waals surface area contributed by atoms with Gasteiger partial charge in [-0.25, -0.2) is 0 Å². The number of nitrogens with zero attached hydrogens (tertiary/aromatic N) is 1. The van der Waals surface area contributed by atoms with Crippen molar-refractivity contribution in [2.75, 3.05) is 7.11 Å². The second kappa shape index (κ2) is 7.47. The highest BCUT2D eigenvalue weighted by atomic mass is 16.6. The van der Waals surface area contributed by atoms with E-state index in [2.05, 4.69) is 4.98 Å². The summed E-state index contributed by atoms with van der Waals surface area (Å²) in [5.74, 6) is 0.918. The molecule has 2 heterocycles. The Kier molecular flexibility index (Phi) is 4.62. The number of hydrogen-bond donors (Lipinski definition) is 1. The number of para-hydroxylation sites is 2. The molecule has 1 aliphatic rings. The van der Waals surface area contributed by atoms with Crippen LogP contribution in [0.5, 0.6) is 11.5 Å².